The molecular weight excluding hydrogens is 541 g/mol. The minimum absolute atomic E-state index is 0.0965. The van der Waals surface area contributed by atoms with E-state index < -0.39 is 29.9 Å². The highest BCUT2D eigenvalue weighted by molar-refractivity contribution is 5.94. The van der Waals surface area contributed by atoms with Gasteiger partial charge in [0.2, 0.25) is 5.92 Å². The zero-order valence-corrected chi connectivity index (χ0v) is 23.2. The number of amides is 1. The number of carbonyl (C=O) groups is 1. The number of hydrogen-bond acceptors (Lipinski definition) is 3. The summed E-state index contributed by atoms with van der Waals surface area (Å²) in [5.74, 6) is -2.69. The van der Waals surface area contributed by atoms with Gasteiger partial charge in [-0.3, -0.25) is 9.69 Å². The topological polar surface area (TPSA) is 48.6 Å². The van der Waals surface area contributed by atoms with Gasteiger partial charge in [0, 0.05) is 79.1 Å². The summed E-state index contributed by atoms with van der Waals surface area (Å²) < 4.78 is 71.8. The highest BCUT2D eigenvalue weighted by atomic mass is 19.4. The molecule has 10 heteroatoms. The fourth-order valence-corrected chi connectivity index (χ4v) is 7.27. The number of piperidine rings is 1. The van der Waals surface area contributed by atoms with Crippen LogP contribution in [-0.2, 0) is 6.54 Å². The molecule has 2 saturated heterocycles. The number of ether oxygens (including phenoxy) is 1. The van der Waals surface area contributed by atoms with Crippen molar-refractivity contribution in [1.82, 2.24) is 14.8 Å². The normalized spacial score (nSPS) is 22.5. The maximum absolute atomic E-state index is 14.1. The van der Waals surface area contributed by atoms with Crippen LogP contribution in [0, 0.1) is 18.3 Å². The molecule has 3 aromatic rings. The monoisotopic (exact) mass is 575 g/mol. The molecule has 2 aromatic carbocycles. The first kappa shape index (κ1) is 28.0. The van der Waals surface area contributed by atoms with Crippen LogP contribution in [-0.4, -0.2) is 59.5 Å². The molecule has 0 radical (unpaired) electrons. The quantitative estimate of drug-likeness (QED) is 0.315. The second kappa shape index (κ2) is 10.00. The molecule has 3 fully saturated rings. The lowest BCUT2D eigenvalue weighted by atomic mass is 9.59. The number of nitrogens with zero attached hydrogens (tertiary/aromatic N) is 2. The van der Waals surface area contributed by atoms with E-state index in [0.717, 1.165) is 33.3 Å². The van der Waals surface area contributed by atoms with Gasteiger partial charge >= 0.3 is 6.18 Å². The lowest BCUT2D eigenvalue weighted by Crippen LogP contribution is -2.53. The van der Waals surface area contributed by atoms with E-state index in [2.05, 4.69) is 9.88 Å². The Morgan fingerprint density at radius 3 is 2.46 bits per heavy atom. The van der Waals surface area contributed by atoms with Gasteiger partial charge in [0.15, 0.2) is 0 Å². The number of hydrogen-bond donors (Lipinski definition) is 1. The van der Waals surface area contributed by atoms with Gasteiger partial charge in [0.25, 0.3) is 5.91 Å². The van der Waals surface area contributed by atoms with E-state index in [4.69, 9.17) is 4.74 Å². The van der Waals surface area contributed by atoms with Crippen molar-refractivity contribution in [2.24, 2.45) is 11.3 Å². The van der Waals surface area contributed by atoms with Crippen molar-refractivity contribution in [3.05, 3.63) is 64.8 Å². The molecular formula is C31H34F5N3O2. The number of carbonyl (C=O) groups excluding carboxylic acids is 1. The Bertz CT molecular complexity index is 1430. The molecule has 41 heavy (non-hydrogen) atoms. The number of benzene rings is 2. The molecule has 220 valence electrons. The maximum atomic E-state index is 14.1. The zero-order valence-electron chi connectivity index (χ0n) is 23.2. The predicted molar refractivity (Wildman–Crippen MR) is 145 cm³/mol. The number of aryl methyl sites for hydroxylation is 1. The van der Waals surface area contributed by atoms with Crippen LogP contribution in [0.25, 0.3) is 10.9 Å². The lowest BCUT2D eigenvalue weighted by Gasteiger charge is -2.54. The Hall–Kier alpha value is -3.14. The average Bonchev–Trinajstić information content (AvgIpc) is 3.37. The Morgan fingerprint density at radius 1 is 1.12 bits per heavy atom. The number of aromatic nitrogens is 1. The Morgan fingerprint density at radius 2 is 1.83 bits per heavy atom. The van der Waals surface area contributed by atoms with Crippen LogP contribution in [0.3, 0.4) is 0 Å². The van der Waals surface area contributed by atoms with E-state index in [9.17, 15) is 26.7 Å². The van der Waals surface area contributed by atoms with E-state index in [1.165, 1.54) is 4.90 Å². The number of likely N-dealkylation sites (tertiary alicyclic amines) is 2. The van der Waals surface area contributed by atoms with Gasteiger partial charge in [0.05, 0.1) is 7.11 Å². The van der Waals surface area contributed by atoms with Crippen LogP contribution in [0.15, 0.2) is 42.6 Å². The summed E-state index contributed by atoms with van der Waals surface area (Å²) >= 11 is 0. The van der Waals surface area contributed by atoms with Gasteiger partial charge in [-0.2, -0.15) is 13.2 Å². The van der Waals surface area contributed by atoms with Crippen molar-refractivity contribution in [1.29, 1.82) is 0 Å². The number of H-pyrrole nitrogens is 1. The Balaban J connectivity index is 1.24. The van der Waals surface area contributed by atoms with Gasteiger partial charge in [-0.15, -0.1) is 0 Å². The van der Waals surface area contributed by atoms with Crippen molar-refractivity contribution in [3.8, 4) is 5.75 Å². The average molecular weight is 576 g/mol. The molecule has 3 heterocycles. The molecule has 2 aliphatic heterocycles. The van der Waals surface area contributed by atoms with Gasteiger partial charge in [-0.05, 0) is 67.1 Å². The summed E-state index contributed by atoms with van der Waals surface area (Å²) in [5.41, 5.74) is 4.09. The largest absolute Gasteiger partial charge is 0.496 e. The van der Waals surface area contributed by atoms with Crippen molar-refractivity contribution >= 4 is 16.8 Å². The second-order valence-electron chi connectivity index (χ2n) is 12.3. The molecule has 1 spiro atoms. The zero-order chi connectivity index (χ0) is 29.2. The molecule has 3 aliphatic rings. The van der Waals surface area contributed by atoms with Gasteiger partial charge < -0.3 is 14.6 Å². The van der Waals surface area contributed by atoms with Crippen LogP contribution >= 0.6 is 0 Å². The molecule has 0 unspecified atom stereocenters. The molecule has 1 N–H and O–H groups in total. The third kappa shape index (κ3) is 5.43. The molecule has 1 aliphatic carbocycles. The third-order valence-electron chi connectivity index (χ3n) is 9.26. The molecule has 1 amide bonds. The number of nitrogens with one attached hydrogen (secondary N) is 1. The van der Waals surface area contributed by atoms with Crippen molar-refractivity contribution in [3.63, 3.8) is 0 Å². The number of rotatable bonds is 6. The van der Waals surface area contributed by atoms with E-state index in [1.807, 2.05) is 37.4 Å². The summed E-state index contributed by atoms with van der Waals surface area (Å²) in [6, 6.07) is 11.1. The van der Waals surface area contributed by atoms with Crippen molar-refractivity contribution in [2.45, 2.75) is 63.7 Å². The standard InChI is InChI=1S/C31H34F5N3O2/c1-19-11-26(41-2)24(23-7-9-37-27(19)23)16-38-10-8-29(17-30(32,33)18-29)13-25(38)21-3-5-22(6-4-21)28(40)39-14-20(15-39)12-31(34,35)36/h3-7,9,11,20,25,37H,8,10,12-18H2,1-2H3/t25-/m0/s1. The minimum atomic E-state index is -4.23. The number of methoxy groups -OCH3 is 1. The van der Waals surface area contributed by atoms with Crippen molar-refractivity contribution < 1.29 is 31.5 Å². The first-order valence-electron chi connectivity index (χ1n) is 14.1. The summed E-state index contributed by atoms with van der Waals surface area (Å²) in [4.78, 5) is 19.9. The summed E-state index contributed by atoms with van der Waals surface area (Å²) in [5, 5.41) is 1.07. The van der Waals surface area contributed by atoms with Crippen LogP contribution in [0.5, 0.6) is 5.75 Å². The lowest BCUT2D eigenvalue weighted by molar-refractivity contribution is -0.186. The Kier molecular flexibility index (Phi) is 6.83. The molecule has 1 atom stereocenters. The number of fused-ring (bicyclic) bond motifs is 1. The highest BCUT2D eigenvalue weighted by Crippen LogP contribution is 2.60. The summed E-state index contributed by atoms with van der Waals surface area (Å²) in [6.45, 7) is 3.44. The van der Waals surface area contributed by atoms with Gasteiger partial charge in [-0.1, -0.05) is 12.1 Å². The fraction of sp³-hybridized carbons (Fsp3) is 0.516. The number of alkyl halides is 5. The Labute approximate surface area is 235 Å². The van der Waals surface area contributed by atoms with Gasteiger partial charge in [0.1, 0.15) is 5.75 Å². The van der Waals surface area contributed by atoms with Crippen LogP contribution in [0.1, 0.15) is 65.2 Å². The summed E-state index contributed by atoms with van der Waals surface area (Å²) in [7, 11) is 1.65. The SMILES string of the molecule is COc1cc(C)c2[nH]ccc2c1CN1CCC2(C[C@H]1c1ccc(C(=O)N3CC(CC(F)(F)F)C3)cc1)CC(F)(F)C2. The molecule has 5 nitrogen and oxygen atoms in total. The first-order chi connectivity index (χ1) is 19.4. The van der Waals surface area contributed by atoms with Crippen LogP contribution < -0.4 is 4.74 Å². The second-order valence-corrected chi connectivity index (χ2v) is 12.3. The molecule has 0 bridgehead atoms. The number of aromatic amines is 1. The van der Waals surface area contributed by atoms with Gasteiger partial charge in [-0.25, -0.2) is 8.78 Å². The maximum Gasteiger partial charge on any atom is 0.389 e. The van der Waals surface area contributed by atoms with E-state index >= 15 is 0 Å². The van der Waals surface area contributed by atoms with Crippen LogP contribution in [0.4, 0.5) is 22.0 Å². The van der Waals surface area contributed by atoms with E-state index in [0.29, 0.717) is 31.5 Å². The molecule has 6 rings (SSSR count). The van der Waals surface area contributed by atoms with E-state index in [1.54, 1.807) is 19.2 Å². The highest BCUT2D eigenvalue weighted by Gasteiger charge is 2.58. The predicted octanol–water partition coefficient (Wildman–Crippen LogP) is 7.26. The first-order valence-corrected chi connectivity index (χ1v) is 14.1. The van der Waals surface area contributed by atoms with Crippen LogP contribution in [0.2, 0.25) is 0 Å². The fourth-order valence-electron chi connectivity index (χ4n) is 7.27. The number of halogens is 5. The summed E-state index contributed by atoms with van der Waals surface area (Å²) in [6.07, 6.45) is -2.14. The van der Waals surface area contributed by atoms with E-state index in [-0.39, 0.29) is 37.9 Å². The smallest absolute Gasteiger partial charge is 0.389 e. The molecule has 1 saturated carbocycles. The van der Waals surface area contributed by atoms with Crippen molar-refractivity contribution in [2.75, 3.05) is 26.7 Å². The minimum Gasteiger partial charge on any atom is -0.496 e. The molecule has 1 aromatic heterocycles. The third-order valence-corrected chi connectivity index (χ3v) is 9.26.